The summed E-state index contributed by atoms with van der Waals surface area (Å²) in [4.78, 5) is 22.5. The second-order valence-electron chi connectivity index (χ2n) is 2.65. The van der Waals surface area contributed by atoms with Gasteiger partial charge < -0.3 is 9.47 Å². The third kappa shape index (κ3) is 2.27. The Kier molecular flexibility index (Phi) is 3.68. The normalized spacial score (nSPS) is 9.53. The van der Waals surface area contributed by atoms with Crippen LogP contribution < -0.4 is 0 Å². The summed E-state index contributed by atoms with van der Waals surface area (Å²) < 4.78 is 9.02. The largest absolute Gasteiger partial charge is 0.465 e. The molecule has 80 valence electrons. The molecular weight excluding hydrogens is 220 g/mol. The fourth-order valence-electron chi connectivity index (χ4n) is 1.07. The highest BCUT2D eigenvalue weighted by Gasteiger charge is 2.17. The minimum Gasteiger partial charge on any atom is -0.465 e. The van der Waals surface area contributed by atoms with Crippen LogP contribution >= 0.6 is 11.6 Å². The maximum absolute atomic E-state index is 11.2. The van der Waals surface area contributed by atoms with E-state index in [9.17, 15) is 9.59 Å². The lowest BCUT2D eigenvalue weighted by atomic mass is 10.1. The molecule has 0 fully saturated rings. The molecule has 5 heteroatoms. The molecule has 4 nitrogen and oxygen atoms in total. The number of hydrogen-bond donors (Lipinski definition) is 0. The van der Waals surface area contributed by atoms with Crippen molar-refractivity contribution >= 4 is 23.5 Å². The molecule has 0 heterocycles. The first kappa shape index (κ1) is 11.5. The van der Waals surface area contributed by atoms with Gasteiger partial charge in [0.25, 0.3) is 0 Å². The van der Waals surface area contributed by atoms with E-state index in [0.29, 0.717) is 0 Å². The minimum absolute atomic E-state index is 0.0381. The van der Waals surface area contributed by atoms with Crippen molar-refractivity contribution < 1.29 is 19.1 Å². The number of carbonyl (C=O) groups excluding carboxylic acids is 2. The Labute approximate surface area is 91.7 Å². The molecule has 1 aromatic carbocycles. The lowest BCUT2D eigenvalue weighted by Gasteiger charge is -2.05. The summed E-state index contributed by atoms with van der Waals surface area (Å²) in [7, 11) is 2.48. The average Bonchev–Trinajstić information content (AvgIpc) is 2.27. The summed E-state index contributed by atoms with van der Waals surface area (Å²) in [6.07, 6.45) is 0. The van der Waals surface area contributed by atoms with Gasteiger partial charge in [0.1, 0.15) is 0 Å². The molecule has 0 aliphatic carbocycles. The monoisotopic (exact) mass is 228 g/mol. The predicted molar refractivity (Wildman–Crippen MR) is 54.1 cm³/mol. The number of ether oxygens (including phenoxy) is 2. The number of carbonyl (C=O) groups is 2. The maximum atomic E-state index is 11.2. The highest BCUT2D eigenvalue weighted by atomic mass is 35.5. The fourth-order valence-corrected chi connectivity index (χ4v) is 1.35. The average molecular weight is 229 g/mol. The number of hydrogen-bond acceptors (Lipinski definition) is 4. The smallest absolute Gasteiger partial charge is 0.339 e. The third-order valence-corrected chi connectivity index (χ3v) is 2.22. The van der Waals surface area contributed by atoms with E-state index in [1.54, 1.807) is 0 Å². The molecule has 0 saturated carbocycles. The van der Waals surface area contributed by atoms with Gasteiger partial charge in [0.2, 0.25) is 0 Å². The zero-order chi connectivity index (χ0) is 11.4. The fraction of sp³-hybridized carbons (Fsp3) is 0.200. The number of esters is 2. The van der Waals surface area contributed by atoms with Gasteiger partial charge in [-0.1, -0.05) is 17.7 Å². The van der Waals surface area contributed by atoms with E-state index >= 15 is 0 Å². The van der Waals surface area contributed by atoms with Crippen LogP contribution in [0.5, 0.6) is 0 Å². The number of benzene rings is 1. The summed E-state index contributed by atoms with van der Waals surface area (Å²) in [5.41, 5.74) is 0.282. The Balaban J connectivity index is 3.23. The van der Waals surface area contributed by atoms with Crippen LogP contribution in [0.15, 0.2) is 18.2 Å². The first-order valence-corrected chi connectivity index (χ1v) is 4.44. The summed E-state index contributed by atoms with van der Waals surface area (Å²) in [5, 5.41) is 0.0381. The highest BCUT2D eigenvalue weighted by Crippen LogP contribution is 2.22. The topological polar surface area (TPSA) is 52.6 Å². The van der Waals surface area contributed by atoms with E-state index in [0.717, 1.165) is 0 Å². The van der Waals surface area contributed by atoms with Crippen molar-refractivity contribution in [2.75, 3.05) is 14.2 Å². The van der Waals surface area contributed by atoms with Gasteiger partial charge in [-0.25, -0.2) is 9.59 Å². The van der Waals surface area contributed by atoms with E-state index in [-0.39, 0.29) is 16.1 Å². The van der Waals surface area contributed by atoms with Gasteiger partial charge in [-0.3, -0.25) is 0 Å². The molecule has 0 amide bonds. The second kappa shape index (κ2) is 4.79. The second-order valence-corrected chi connectivity index (χ2v) is 3.03. The molecule has 1 aromatic rings. The summed E-state index contributed by atoms with van der Waals surface area (Å²) in [6.45, 7) is 0. The Hall–Kier alpha value is -1.55. The van der Waals surface area contributed by atoms with Crippen LogP contribution in [0.3, 0.4) is 0 Å². The molecule has 0 aliphatic heterocycles. The van der Waals surface area contributed by atoms with Crippen LogP contribution in [0, 0.1) is 0 Å². The number of rotatable bonds is 2. The summed E-state index contributed by atoms with van der Waals surface area (Å²) in [5.74, 6) is -1.18. The van der Waals surface area contributed by atoms with Gasteiger partial charge >= 0.3 is 11.9 Å². The van der Waals surface area contributed by atoms with Gasteiger partial charge in [0, 0.05) is 0 Å². The standard InChI is InChI=1S/C10H9ClO4/c1-14-9(12)6-4-3-5-7(8(6)11)10(13)15-2/h3-5H,1-2H3. The zero-order valence-corrected chi connectivity index (χ0v) is 9.00. The lowest BCUT2D eigenvalue weighted by Crippen LogP contribution is -2.07. The van der Waals surface area contributed by atoms with Crippen molar-refractivity contribution in [2.45, 2.75) is 0 Å². The van der Waals surface area contributed by atoms with E-state index in [1.165, 1.54) is 32.4 Å². The third-order valence-electron chi connectivity index (χ3n) is 1.81. The van der Waals surface area contributed by atoms with Crippen LogP contribution in [0.1, 0.15) is 20.7 Å². The van der Waals surface area contributed by atoms with Crippen molar-refractivity contribution in [1.82, 2.24) is 0 Å². The van der Waals surface area contributed by atoms with Gasteiger partial charge in [0.15, 0.2) is 0 Å². The van der Waals surface area contributed by atoms with Crippen molar-refractivity contribution in [1.29, 1.82) is 0 Å². The first-order valence-electron chi connectivity index (χ1n) is 4.07. The van der Waals surface area contributed by atoms with Crippen molar-refractivity contribution in [2.24, 2.45) is 0 Å². The lowest BCUT2D eigenvalue weighted by molar-refractivity contribution is 0.0599. The van der Waals surface area contributed by atoms with Gasteiger partial charge in [-0.15, -0.1) is 0 Å². The van der Waals surface area contributed by atoms with Crippen LogP contribution in [-0.2, 0) is 9.47 Å². The quantitative estimate of drug-likeness (QED) is 0.726. The van der Waals surface area contributed by atoms with Gasteiger partial charge in [0.05, 0.1) is 30.4 Å². The van der Waals surface area contributed by atoms with Crippen molar-refractivity contribution in [3.63, 3.8) is 0 Å². The van der Waals surface area contributed by atoms with Crippen LogP contribution in [0.25, 0.3) is 0 Å². The minimum atomic E-state index is -0.592. The van der Waals surface area contributed by atoms with E-state index in [4.69, 9.17) is 11.6 Å². The summed E-state index contributed by atoms with van der Waals surface area (Å²) >= 11 is 5.85. The Bertz CT molecular complexity index is 366. The van der Waals surface area contributed by atoms with Crippen molar-refractivity contribution in [3.8, 4) is 0 Å². The van der Waals surface area contributed by atoms with Crippen LogP contribution in [0.4, 0.5) is 0 Å². The van der Waals surface area contributed by atoms with Gasteiger partial charge in [-0.05, 0) is 12.1 Å². The Morgan fingerprint density at radius 2 is 1.47 bits per heavy atom. The maximum Gasteiger partial charge on any atom is 0.339 e. The molecule has 0 aromatic heterocycles. The van der Waals surface area contributed by atoms with Crippen LogP contribution in [-0.4, -0.2) is 26.2 Å². The molecule has 1 rings (SSSR count). The molecule has 15 heavy (non-hydrogen) atoms. The highest BCUT2D eigenvalue weighted by molar-refractivity contribution is 6.36. The first-order chi connectivity index (χ1) is 7.11. The molecule has 0 N–H and O–H groups in total. The number of methoxy groups -OCH3 is 2. The van der Waals surface area contributed by atoms with E-state index in [2.05, 4.69) is 9.47 Å². The molecule has 0 aliphatic rings. The molecule has 0 saturated heterocycles. The van der Waals surface area contributed by atoms with E-state index < -0.39 is 11.9 Å². The number of halogens is 1. The molecular formula is C10H9ClO4. The Morgan fingerprint density at radius 1 is 1.07 bits per heavy atom. The molecule has 0 spiro atoms. The van der Waals surface area contributed by atoms with Crippen molar-refractivity contribution in [3.05, 3.63) is 34.3 Å². The molecule has 0 atom stereocenters. The SMILES string of the molecule is COC(=O)c1cccc(C(=O)OC)c1Cl. The van der Waals surface area contributed by atoms with Gasteiger partial charge in [-0.2, -0.15) is 0 Å². The molecule has 0 radical (unpaired) electrons. The summed E-state index contributed by atoms with van der Waals surface area (Å²) in [6, 6.07) is 4.48. The van der Waals surface area contributed by atoms with Crippen LogP contribution in [0.2, 0.25) is 5.02 Å². The van der Waals surface area contributed by atoms with E-state index in [1.807, 2.05) is 0 Å². The molecule has 0 bridgehead atoms. The zero-order valence-electron chi connectivity index (χ0n) is 8.24. The Morgan fingerprint density at radius 3 is 1.80 bits per heavy atom. The predicted octanol–water partition coefficient (Wildman–Crippen LogP) is 1.91. The molecule has 0 unspecified atom stereocenters.